The van der Waals surface area contributed by atoms with Gasteiger partial charge in [0, 0.05) is 0 Å². The second-order valence-electron chi connectivity index (χ2n) is 2.87. The number of carbonyl (C=O) groups excluding carboxylic acids is 1. The maximum absolute atomic E-state index is 13.1. The van der Waals surface area contributed by atoms with Crippen LogP contribution in [0.25, 0.3) is 0 Å². The number of amides is 1. The number of hydrogen-bond acceptors (Lipinski definition) is 2. The second-order valence-corrected chi connectivity index (χ2v) is 2.87. The van der Waals surface area contributed by atoms with E-state index in [1.807, 2.05) is 0 Å². The quantitative estimate of drug-likeness (QED) is 0.659. The third-order valence-electron chi connectivity index (χ3n) is 1.89. The van der Waals surface area contributed by atoms with Crippen molar-refractivity contribution in [3.8, 4) is 5.75 Å². The maximum atomic E-state index is 13.1. The van der Waals surface area contributed by atoms with Gasteiger partial charge in [0.2, 0.25) is 0 Å². The van der Waals surface area contributed by atoms with Crippen molar-refractivity contribution in [1.82, 2.24) is 0 Å². The molecule has 0 bridgehead atoms. The Morgan fingerprint density at radius 1 is 1.54 bits per heavy atom. The van der Waals surface area contributed by atoms with E-state index in [2.05, 4.69) is 5.32 Å². The Kier molecular flexibility index (Phi) is 1.69. The first-order chi connectivity index (χ1) is 6.18. The lowest BCUT2D eigenvalue weighted by Crippen LogP contribution is -2.34. The zero-order valence-corrected chi connectivity index (χ0v) is 7.00. The molecule has 1 atom stereocenters. The zero-order chi connectivity index (χ0) is 9.42. The number of hydrogen-bond donors (Lipinski definition) is 1. The van der Waals surface area contributed by atoms with E-state index in [1.54, 1.807) is 13.0 Å². The van der Waals surface area contributed by atoms with Crippen molar-refractivity contribution in [2.75, 3.05) is 5.32 Å². The Hall–Kier alpha value is -1.58. The number of benzene rings is 1. The molecule has 68 valence electrons. The summed E-state index contributed by atoms with van der Waals surface area (Å²) >= 11 is 0. The van der Waals surface area contributed by atoms with Gasteiger partial charge in [0.1, 0.15) is 0 Å². The first kappa shape index (κ1) is 8.04. The van der Waals surface area contributed by atoms with Crippen LogP contribution in [0.15, 0.2) is 18.2 Å². The largest absolute Gasteiger partial charge is 0.476 e. The van der Waals surface area contributed by atoms with Crippen molar-refractivity contribution in [2.24, 2.45) is 0 Å². The molecule has 4 heteroatoms. The van der Waals surface area contributed by atoms with Crippen LogP contribution < -0.4 is 10.1 Å². The van der Waals surface area contributed by atoms with Gasteiger partial charge in [0.25, 0.3) is 5.91 Å². The molecule has 0 fully saturated rings. The summed E-state index contributed by atoms with van der Waals surface area (Å²) in [5.41, 5.74) is 0.392. The highest BCUT2D eigenvalue weighted by Gasteiger charge is 2.25. The zero-order valence-electron chi connectivity index (χ0n) is 7.00. The SMILES string of the molecule is CC1Oc2c(F)cccc2NC1=O. The molecule has 1 amide bonds. The number of carbonyl (C=O) groups is 1. The lowest BCUT2D eigenvalue weighted by Gasteiger charge is -2.23. The fourth-order valence-electron chi connectivity index (χ4n) is 1.19. The van der Waals surface area contributed by atoms with Crippen LogP contribution >= 0.6 is 0 Å². The molecule has 13 heavy (non-hydrogen) atoms. The second kappa shape index (κ2) is 2.73. The third-order valence-corrected chi connectivity index (χ3v) is 1.89. The summed E-state index contributed by atoms with van der Waals surface area (Å²) < 4.78 is 18.2. The van der Waals surface area contributed by atoms with Crippen LogP contribution in [0, 0.1) is 5.82 Å². The minimum Gasteiger partial charge on any atom is -0.476 e. The Balaban J connectivity index is 2.48. The number of nitrogens with one attached hydrogen (secondary N) is 1. The highest BCUT2D eigenvalue weighted by Crippen LogP contribution is 2.31. The average molecular weight is 181 g/mol. The molecule has 0 saturated carbocycles. The van der Waals surface area contributed by atoms with E-state index in [1.165, 1.54) is 12.1 Å². The van der Waals surface area contributed by atoms with E-state index in [4.69, 9.17) is 4.74 Å². The standard InChI is InChI=1S/C9H8FNO2/c1-5-9(12)11-7-4-2-3-6(10)8(7)13-5/h2-5H,1H3,(H,11,12). The van der Waals surface area contributed by atoms with Crippen LogP contribution in [0.5, 0.6) is 5.75 Å². The van der Waals surface area contributed by atoms with Crippen LogP contribution in [0.3, 0.4) is 0 Å². The monoisotopic (exact) mass is 181 g/mol. The summed E-state index contributed by atoms with van der Waals surface area (Å²) in [5, 5.41) is 2.55. The molecule has 3 nitrogen and oxygen atoms in total. The average Bonchev–Trinajstić information content (AvgIpc) is 2.09. The molecule has 1 aliphatic rings. The minimum absolute atomic E-state index is 0.120. The normalized spacial score (nSPS) is 20.2. The Bertz CT molecular complexity index is 365. The van der Waals surface area contributed by atoms with Crippen molar-refractivity contribution in [1.29, 1.82) is 0 Å². The van der Waals surface area contributed by atoms with E-state index in [0.717, 1.165) is 0 Å². The Morgan fingerprint density at radius 3 is 3.08 bits per heavy atom. The molecule has 0 spiro atoms. The fourth-order valence-corrected chi connectivity index (χ4v) is 1.19. The summed E-state index contributed by atoms with van der Waals surface area (Å²) in [6.07, 6.45) is -0.635. The molecule has 0 saturated heterocycles. The molecule has 1 heterocycles. The molecule has 0 aromatic heterocycles. The van der Waals surface area contributed by atoms with Crippen molar-refractivity contribution in [3.05, 3.63) is 24.0 Å². The van der Waals surface area contributed by atoms with Gasteiger partial charge in [0.15, 0.2) is 17.7 Å². The Labute approximate surface area is 74.5 Å². The number of ether oxygens (including phenoxy) is 1. The first-order valence-corrected chi connectivity index (χ1v) is 3.94. The lowest BCUT2D eigenvalue weighted by atomic mass is 10.2. The molecule has 1 unspecified atom stereocenters. The predicted molar refractivity (Wildman–Crippen MR) is 45.1 cm³/mol. The number of fused-ring (bicyclic) bond motifs is 1. The summed E-state index contributed by atoms with van der Waals surface area (Å²) in [5.74, 6) is -0.586. The first-order valence-electron chi connectivity index (χ1n) is 3.94. The smallest absolute Gasteiger partial charge is 0.265 e. The topological polar surface area (TPSA) is 38.3 Å². The number of halogens is 1. The van der Waals surface area contributed by atoms with E-state index in [0.29, 0.717) is 5.69 Å². The van der Waals surface area contributed by atoms with Crippen LogP contribution in [-0.2, 0) is 4.79 Å². The molecule has 1 N–H and O–H groups in total. The number of para-hydroxylation sites is 1. The number of anilines is 1. The molecule has 0 aliphatic carbocycles. The van der Waals surface area contributed by atoms with E-state index in [9.17, 15) is 9.18 Å². The molecular weight excluding hydrogens is 173 g/mol. The van der Waals surface area contributed by atoms with Crippen molar-refractivity contribution in [3.63, 3.8) is 0 Å². The van der Waals surface area contributed by atoms with Gasteiger partial charge in [-0.1, -0.05) is 6.07 Å². The van der Waals surface area contributed by atoms with Gasteiger partial charge in [0.05, 0.1) is 5.69 Å². The predicted octanol–water partition coefficient (Wildman–Crippen LogP) is 1.55. The molecular formula is C9H8FNO2. The Morgan fingerprint density at radius 2 is 2.31 bits per heavy atom. The lowest BCUT2D eigenvalue weighted by molar-refractivity contribution is -0.122. The van der Waals surface area contributed by atoms with Crippen LogP contribution in [0.1, 0.15) is 6.92 Å². The molecule has 0 radical (unpaired) electrons. The van der Waals surface area contributed by atoms with Gasteiger partial charge in [-0.15, -0.1) is 0 Å². The van der Waals surface area contributed by atoms with Gasteiger partial charge in [-0.25, -0.2) is 4.39 Å². The van der Waals surface area contributed by atoms with Gasteiger partial charge in [-0.3, -0.25) is 4.79 Å². The van der Waals surface area contributed by atoms with Gasteiger partial charge >= 0.3 is 0 Å². The van der Waals surface area contributed by atoms with Crippen molar-refractivity contribution >= 4 is 11.6 Å². The highest BCUT2D eigenvalue weighted by atomic mass is 19.1. The highest BCUT2D eigenvalue weighted by molar-refractivity contribution is 5.97. The van der Waals surface area contributed by atoms with E-state index in [-0.39, 0.29) is 11.7 Å². The van der Waals surface area contributed by atoms with Gasteiger partial charge in [-0.2, -0.15) is 0 Å². The molecule has 1 aromatic rings. The van der Waals surface area contributed by atoms with Crippen molar-refractivity contribution < 1.29 is 13.9 Å². The van der Waals surface area contributed by atoms with E-state index >= 15 is 0 Å². The van der Waals surface area contributed by atoms with Crippen molar-refractivity contribution in [2.45, 2.75) is 13.0 Å². The third kappa shape index (κ3) is 1.24. The summed E-state index contributed by atoms with van der Waals surface area (Å²) in [6.45, 7) is 1.57. The fraction of sp³-hybridized carbons (Fsp3) is 0.222. The molecule has 2 rings (SSSR count). The molecule has 1 aromatic carbocycles. The number of rotatable bonds is 0. The van der Waals surface area contributed by atoms with Crippen LogP contribution in [0.4, 0.5) is 10.1 Å². The van der Waals surface area contributed by atoms with E-state index < -0.39 is 11.9 Å². The maximum Gasteiger partial charge on any atom is 0.265 e. The van der Waals surface area contributed by atoms with Crippen LogP contribution in [-0.4, -0.2) is 12.0 Å². The summed E-state index contributed by atoms with van der Waals surface area (Å²) in [7, 11) is 0. The summed E-state index contributed by atoms with van der Waals surface area (Å²) in [6, 6.07) is 4.42. The summed E-state index contributed by atoms with van der Waals surface area (Å²) in [4.78, 5) is 11.1. The van der Waals surface area contributed by atoms with Gasteiger partial charge in [-0.05, 0) is 19.1 Å². The van der Waals surface area contributed by atoms with Gasteiger partial charge < -0.3 is 10.1 Å². The minimum atomic E-state index is -0.635. The molecule has 1 aliphatic heterocycles. The van der Waals surface area contributed by atoms with Crippen LogP contribution in [0.2, 0.25) is 0 Å².